The number of amides is 1. The standard InChI is InChI=1S/C24H24N4O5S/c1-18-9-11-23(12-10-18)34(32,33)27(16-21-7-3-5-19(2)13-21)17-24(29)26-25-15-20-6-4-8-22(14-20)28(30)31/h3-15H,16-17H2,1-2H3,(H,26,29)/b25-15-. The Kier molecular flexibility index (Phi) is 7.87. The van der Waals surface area contributed by atoms with E-state index < -0.39 is 27.4 Å². The number of hydrogen-bond donors (Lipinski definition) is 1. The lowest BCUT2D eigenvalue weighted by molar-refractivity contribution is -0.384. The number of nitro benzene ring substituents is 1. The molecule has 3 aromatic carbocycles. The summed E-state index contributed by atoms with van der Waals surface area (Å²) in [4.78, 5) is 23.0. The molecular formula is C24H24N4O5S. The van der Waals surface area contributed by atoms with Crippen LogP contribution in [0.2, 0.25) is 0 Å². The molecule has 0 saturated heterocycles. The van der Waals surface area contributed by atoms with Gasteiger partial charge in [-0.1, -0.05) is 59.7 Å². The molecule has 3 rings (SSSR count). The number of hydrogen-bond acceptors (Lipinski definition) is 6. The molecule has 3 aromatic rings. The van der Waals surface area contributed by atoms with Gasteiger partial charge in [-0.25, -0.2) is 13.8 Å². The van der Waals surface area contributed by atoms with Crippen molar-refractivity contribution >= 4 is 27.8 Å². The number of hydrazone groups is 1. The van der Waals surface area contributed by atoms with Crippen LogP contribution < -0.4 is 5.43 Å². The lowest BCUT2D eigenvalue weighted by Crippen LogP contribution is -2.39. The van der Waals surface area contributed by atoms with Crippen LogP contribution in [0.1, 0.15) is 22.3 Å². The lowest BCUT2D eigenvalue weighted by atomic mass is 10.1. The Labute approximate surface area is 197 Å². The van der Waals surface area contributed by atoms with Gasteiger partial charge < -0.3 is 0 Å². The lowest BCUT2D eigenvalue weighted by Gasteiger charge is -2.22. The Bertz CT molecular complexity index is 1320. The number of nitrogens with zero attached hydrogens (tertiary/aromatic N) is 3. The van der Waals surface area contributed by atoms with Crippen molar-refractivity contribution in [2.24, 2.45) is 5.10 Å². The zero-order chi connectivity index (χ0) is 24.7. The van der Waals surface area contributed by atoms with Crippen LogP contribution in [0.15, 0.2) is 82.8 Å². The van der Waals surface area contributed by atoms with Crippen LogP contribution in [0.3, 0.4) is 0 Å². The van der Waals surface area contributed by atoms with Crippen molar-refractivity contribution in [2.75, 3.05) is 6.54 Å². The fraction of sp³-hybridized carbons (Fsp3) is 0.167. The number of sulfonamides is 1. The molecule has 0 unspecified atom stereocenters. The SMILES string of the molecule is Cc1ccc(S(=O)(=O)N(CC(=O)N/N=C\c2cccc([N+](=O)[O-])c2)Cc2cccc(C)c2)cc1. The molecule has 1 amide bonds. The van der Waals surface area contributed by atoms with Crippen molar-refractivity contribution in [1.82, 2.24) is 9.73 Å². The predicted molar refractivity (Wildman–Crippen MR) is 129 cm³/mol. The molecule has 10 heteroatoms. The average molecular weight is 481 g/mol. The van der Waals surface area contributed by atoms with Gasteiger partial charge in [-0.3, -0.25) is 14.9 Å². The first-order valence-corrected chi connectivity index (χ1v) is 11.8. The third-order valence-corrected chi connectivity index (χ3v) is 6.71. The molecule has 0 radical (unpaired) electrons. The van der Waals surface area contributed by atoms with Crippen molar-refractivity contribution in [2.45, 2.75) is 25.3 Å². The number of aryl methyl sites for hydroxylation is 2. The van der Waals surface area contributed by atoms with Crippen molar-refractivity contribution in [3.8, 4) is 0 Å². The minimum Gasteiger partial charge on any atom is -0.272 e. The summed E-state index contributed by atoms with van der Waals surface area (Å²) in [7, 11) is -3.97. The first-order valence-electron chi connectivity index (χ1n) is 10.3. The molecule has 9 nitrogen and oxygen atoms in total. The number of nitrogens with one attached hydrogen (secondary N) is 1. The maximum Gasteiger partial charge on any atom is 0.270 e. The molecule has 0 fully saturated rings. The maximum absolute atomic E-state index is 13.3. The molecule has 0 aromatic heterocycles. The highest BCUT2D eigenvalue weighted by Crippen LogP contribution is 2.19. The highest BCUT2D eigenvalue weighted by molar-refractivity contribution is 7.89. The Morgan fingerprint density at radius 2 is 1.74 bits per heavy atom. The van der Waals surface area contributed by atoms with Crippen LogP contribution in [0.4, 0.5) is 5.69 Å². The maximum atomic E-state index is 13.3. The summed E-state index contributed by atoms with van der Waals surface area (Å²) in [6.07, 6.45) is 1.25. The van der Waals surface area contributed by atoms with E-state index >= 15 is 0 Å². The van der Waals surface area contributed by atoms with Gasteiger partial charge in [-0.2, -0.15) is 9.41 Å². The second-order valence-corrected chi connectivity index (χ2v) is 9.66. The molecule has 0 bridgehead atoms. The summed E-state index contributed by atoms with van der Waals surface area (Å²) < 4.78 is 27.7. The molecule has 0 heterocycles. The highest BCUT2D eigenvalue weighted by atomic mass is 32.2. The number of benzene rings is 3. The summed E-state index contributed by atoms with van der Waals surface area (Å²) in [5, 5.41) is 14.7. The van der Waals surface area contributed by atoms with Crippen LogP contribution in [0.5, 0.6) is 0 Å². The smallest absolute Gasteiger partial charge is 0.270 e. The van der Waals surface area contributed by atoms with E-state index in [9.17, 15) is 23.3 Å². The zero-order valence-electron chi connectivity index (χ0n) is 18.7. The van der Waals surface area contributed by atoms with Gasteiger partial charge in [0.2, 0.25) is 10.0 Å². The van der Waals surface area contributed by atoms with E-state index in [2.05, 4.69) is 10.5 Å². The molecule has 34 heavy (non-hydrogen) atoms. The third-order valence-electron chi connectivity index (χ3n) is 4.90. The van der Waals surface area contributed by atoms with E-state index in [1.165, 1.54) is 36.5 Å². The molecule has 176 valence electrons. The first kappa shape index (κ1) is 24.7. The van der Waals surface area contributed by atoms with Gasteiger partial charge in [0.05, 0.1) is 22.6 Å². The second-order valence-electron chi connectivity index (χ2n) is 7.72. The van der Waals surface area contributed by atoms with Crippen molar-refractivity contribution in [3.63, 3.8) is 0 Å². The monoisotopic (exact) mass is 480 g/mol. The number of nitro groups is 1. The second kappa shape index (κ2) is 10.8. The van der Waals surface area contributed by atoms with E-state index in [1.807, 2.05) is 32.0 Å². The van der Waals surface area contributed by atoms with Gasteiger partial charge in [0.1, 0.15) is 0 Å². The van der Waals surface area contributed by atoms with Gasteiger partial charge in [0.25, 0.3) is 11.6 Å². The van der Waals surface area contributed by atoms with Gasteiger partial charge >= 0.3 is 0 Å². The average Bonchev–Trinajstić information content (AvgIpc) is 2.79. The molecule has 0 aliphatic carbocycles. The Morgan fingerprint density at radius 1 is 1.03 bits per heavy atom. The van der Waals surface area contributed by atoms with E-state index in [0.29, 0.717) is 5.56 Å². The van der Waals surface area contributed by atoms with E-state index in [1.54, 1.807) is 24.3 Å². The molecule has 0 aliphatic rings. The van der Waals surface area contributed by atoms with Crippen LogP contribution >= 0.6 is 0 Å². The molecule has 1 N–H and O–H groups in total. The largest absolute Gasteiger partial charge is 0.272 e. The number of rotatable bonds is 9. The Morgan fingerprint density at radius 3 is 2.41 bits per heavy atom. The van der Waals surface area contributed by atoms with Gasteiger partial charge in [0, 0.05) is 24.2 Å². The van der Waals surface area contributed by atoms with E-state index in [0.717, 1.165) is 21.0 Å². The minimum atomic E-state index is -3.97. The molecule has 0 aliphatic heterocycles. The number of carbonyl (C=O) groups excluding carboxylic acids is 1. The first-order chi connectivity index (χ1) is 16.1. The summed E-state index contributed by atoms with van der Waals surface area (Å²) in [5.41, 5.74) is 5.22. The molecule has 0 spiro atoms. The summed E-state index contributed by atoms with van der Waals surface area (Å²) in [5.74, 6) is -0.648. The normalized spacial score (nSPS) is 11.6. The van der Waals surface area contributed by atoms with Crippen molar-refractivity contribution in [3.05, 3.63) is 105 Å². The summed E-state index contributed by atoms with van der Waals surface area (Å²) >= 11 is 0. The number of non-ortho nitro benzene ring substituents is 1. The third kappa shape index (κ3) is 6.56. The molecular weight excluding hydrogens is 456 g/mol. The fourth-order valence-electron chi connectivity index (χ4n) is 3.19. The quantitative estimate of drug-likeness (QED) is 0.285. The minimum absolute atomic E-state index is 0.0000952. The van der Waals surface area contributed by atoms with Crippen molar-refractivity contribution < 1.29 is 18.1 Å². The van der Waals surface area contributed by atoms with Crippen LogP contribution in [-0.2, 0) is 21.4 Å². The summed E-state index contributed by atoms with van der Waals surface area (Å²) in [6, 6.07) is 19.5. The van der Waals surface area contributed by atoms with Crippen LogP contribution in [-0.4, -0.2) is 36.3 Å². The molecule has 0 saturated carbocycles. The van der Waals surface area contributed by atoms with Crippen LogP contribution in [0.25, 0.3) is 0 Å². The molecule has 0 atom stereocenters. The van der Waals surface area contributed by atoms with E-state index in [-0.39, 0.29) is 17.1 Å². The summed E-state index contributed by atoms with van der Waals surface area (Å²) in [6.45, 7) is 3.29. The topological polar surface area (TPSA) is 122 Å². The van der Waals surface area contributed by atoms with Gasteiger partial charge in [0.15, 0.2) is 0 Å². The highest BCUT2D eigenvalue weighted by Gasteiger charge is 2.27. The zero-order valence-corrected chi connectivity index (χ0v) is 19.5. The van der Waals surface area contributed by atoms with Crippen molar-refractivity contribution in [1.29, 1.82) is 0 Å². The fourth-order valence-corrected chi connectivity index (χ4v) is 4.58. The van der Waals surface area contributed by atoms with Crippen LogP contribution in [0, 0.1) is 24.0 Å². The predicted octanol–water partition coefficient (Wildman–Crippen LogP) is 3.55. The Balaban J connectivity index is 1.79. The number of carbonyl (C=O) groups is 1. The van der Waals surface area contributed by atoms with Gasteiger partial charge in [-0.15, -0.1) is 0 Å². The van der Waals surface area contributed by atoms with E-state index in [4.69, 9.17) is 0 Å². The Hall–Kier alpha value is -3.89. The van der Waals surface area contributed by atoms with Gasteiger partial charge in [-0.05, 0) is 31.5 Å².